The monoisotopic (exact) mass is 399 g/mol. The maximum atomic E-state index is 12.1. The van der Waals surface area contributed by atoms with E-state index >= 15 is 0 Å². The van der Waals surface area contributed by atoms with Gasteiger partial charge in [0.15, 0.2) is 6.61 Å². The Morgan fingerprint density at radius 3 is 2.34 bits per heavy atom. The minimum atomic E-state index is -0.340. The zero-order valence-electron chi connectivity index (χ0n) is 16.3. The first-order chi connectivity index (χ1) is 14.1. The Morgan fingerprint density at radius 2 is 1.66 bits per heavy atom. The van der Waals surface area contributed by atoms with E-state index in [4.69, 9.17) is 23.5 Å². The van der Waals surface area contributed by atoms with Gasteiger partial charge in [-0.3, -0.25) is 4.79 Å². The van der Waals surface area contributed by atoms with Gasteiger partial charge in [-0.25, -0.2) is 0 Å². The second-order valence-corrected chi connectivity index (χ2v) is 5.86. The number of benzene rings is 2. The van der Waals surface area contributed by atoms with Crippen LogP contribution in [-0.4, -0.2) is 44.0 Å². The van der Waals surface area contributed by atoms with Crippen LogP contribution in [0.15, 0.2) is 47.0 Å². The number of amides is 1. The predicted molar refractivity (Wildman–Crippen MR) is 103 cm³/mol. The van der Waals surface area contributed by atoms with E-state index in [-0.39, 0.29) is 24.9 Å². The van der Waals surface area contributed by atoms with Crippen molar-refractivity contribution < 1.29 is 28.3 Å². The largest absolute Gasteiger partial charge is 0.497 e. The molecule has 2 aromatic carbocycles. The smallest absolute Gasteiger partial charge is 0.258 e. The Kier molecular flexibility index (Phi) is 6.51. The fourth-order valence-corrected chi connectivity index (χ4v) is 2.44. The third-order valence-corrected chi connectivity index (χ3v) is 3.93. The molecule has 0 unspecified atom stereocenters. The van der Waals surface area contributed by atoms with Gasteiger partial charge in [-0.15, -0.1) is 0 Å². The number of aromatic nitrogens is 2. The molecule has 1 N–H and O–H groups in total. The van der Waals surface area contributed by atoms with Crippen LogP contribution in [0.3, 0.4) is 0 Å². The van der Waals surface area contributed by atoms with Crippen molar-refractivity contribution in [3.8, 4) is 34.4 Å². The lowest BCUT2D eigenvalue weighted by Gasteiger charge is -2.10. The van der Waals surface area contributed by atoms with Crippen LogP contribution in [0.25, 0.3) is 11.4 Å². The first-order valence-corrected chi connectivity index (χ1v) is 8.71. The summed E-state index contributed by atoms with van der Waals surface area (Å²) in [7, 11) is 4.66. The summed E-state index contributed by atoms with van der Waals surface area (Å²) in [4.78, 5) is 16.3. The second kappa shape index (κ2) is 9.45. The average Bonchev–Trinajstić information content (AvgIpc) is 3.25. The van der Waals surface area contributed by atoms with Crippen molar-refractivity contribution in [2.24, 2.45) is 0 Å². The highest BCUT2D eigenvalue weighted by molar-refractivity contribution is 5.77. The van der Waals surface area contributed by atoms with E-state index in [0.717, 1.165) is 5.56 Å². The van der Waals surface area contributed by atoms with Gasteiger partial charge in [0.2, 0.25) is 11.7 Å². The highest BCUT2D eigenvalue weighted by atomic mass is 16.5. The Hall–Kier alpha value is -3.75. The fourth-order valence-electron chi connectivity index (χ4n) is 2.44. The zero-order valence-corrected chi connectivity index (χ0v) is 16.3. The van der Waals surface area contributed by atoms with Gasteiger partial charge in [-0.2, -0.15) is 4.98 Å². The molecule has 0 radical (unpaired) electrons. The highest BCUT2D eigenvalue weighted by Gasteiger charge is 2.11. The summed E-state index contributed by atoms with van der Waals surface area (Å²) in [6, 6.07) is 12.3. The van der Waals surface area contributed by atoms with Crippen LogP contribution in [-0.2, 0) is 11.3 Å². The van der Waals surface area contributed by atoms with Crippen LogP contribution >= 0.6 is 0 Å². The van der Waals surface area contributed by atoms with Crippen LogP contribution < -0.4 is 24.3 Å². The van der Waals surface area contributed by atoms with E-state index in [1.165, 1.54) is 14.2 Å². The number of carbonyl (C=O) groups is 1. The molecule has 9 nitrogen and oxygen atoms in total. The summed E-state index contributed by atoms with van der Waals surface area (Å²) in [5.74, 6) is 2.62. The van der Waals surface area contributed by atoms with Crippen molar-refractivity contribution in [3.05, 3.63) is 48.4 Å². The standard InChI is InChI=1S/C20H21N3O6/c1-25-14-6-4-5-13(7-14)20-22-19(29-23-20)11-21-18(24)12-28-17-9-15(26-2)8-16(10-17)27-3/h4-10H,11-12H2,1-3H3,(H,21,24). The SMILES string of the molecule is COc1cc(OC)cc(OCC(=O)NCc2nc(-c3cccc(OC)c3)no2)c1. The van der Waals surface area contributed by atoms with Crippen molar-refractivity contribution in [3.63, 3.8) is 0 Å². The van der Waals surface area contributed by atoms with Gasteiger partial charge < -0.3 is 28.8 Å². The van der Waals surface area contributed by atoms with Crippen molar-refractivity contribution in [1.82, 2.24) is 15.5 Å². The number of carbonyl (C=O) groups excluding carboxylic acids is 1. The lowest BCUT2D eigenvalue weighted by molar-refractivity contribution is -0.123. The fraction of sp³-hybridized carbons (Fsp3) is 0.250. The molecule has 0 bridgehead atoms. The molecule has 0 aliphatic heterocycles. The molecule has 1 amide bonds. The first kappa shape index (κ1) is 20.0. The molecule has 9 heteroatoms. The van der Waals surface area contributed by atoms with Crippen molar-refractivity contribution in [1.29, 1.82) is 0 Å². The number of nitrogens with zero attached hydrogens (tertiary/aromatic N) is 2. The van der Waals surface area contributed by atoms with Crippen molar-refractivity contribution >= 4 is 5.91 Å². The molecule has 1 heterocycles. The number of rotatable bonds is 9. The summed E-state index contributed by atoms with van der Waals surface area (Å²) in [5, 5.41) is 6.59. The van der Waals surface area contributed by atoms with E-state index in [2.05, 4.69) is 15.5 Å². The molecule has 3 aromatic rings. The molecule has 0 saturated carbocycles. The van der Waals surface area contributed by atoms with Crippen molar-refractivity contribution in [2.75, 3.05) is 27.9 Å². The molecule has 1 aromatic heterocycles. The Labute approximate surface area is 167 Å². The third-order valence-electron chi connectivity index (χ3n) is 3.93. The van der Waals surface area contributed by atoms with Gasteiger partial charge in [0.1, 0.15) is 23.0 Å². The Morgan fingerprint density at radius 1 is 0.966 bits per heavy atom. The van der Waals surface area contributed by atoms with Gasteiger partial charge in [0, 0.05) is 23.8 Å². The van der Waals surface area contributed by atoms with Crippen molar-refractivity contribution in [2.45, 2.75) is 6.54 Å². The third kappa shape index (κ3) is 5.38. The summed E-state index contributed by atoms with van der Waals surface area (Å²) >= 11 is 0. The molecule has 0 aliphatic rings. The minimum Gasteiger partial charge on any atom is -0.497 e. The number of hydrogen-bond acceptors (Lipinski definition) is 8. The first-order valence-electron chi connectivity index (χ1n) is 8.71. The molecular formula is C20H21N3O6. The maximum Gasteiger partial charge on any atom is 0.258 e. The highest BCUT2D eigenvalue weighted by Crippen LogP contribution is 2.27. The summed E-state index contributed by atoms with van der Waals surface area (Å²) in [6.45, 7) is -0.103. The summed E-state index contributed by atoms with van der Waals surface area (Å²) in [6.07, 6.45) is 0. The summed E-state index contributed by atoms with van der Waals surface area (Å²) < 4.78 is 26.2. The number of ether oxygens (including phenoxy) is 4. The van der Waals surface area contributed by atoms with E-state index < -0.39 is 0 Å². The normalized spacial score (nSPS) is 10.3. The topological polar surface area (TPSA) is 105 Å². The average molecular weight is 399 g/mol. The summed E-state index contributed by atoms with van der Waals surface area (Å²) in [5.41, 5.74) is 0.751. The minimum absolute atomic E-state index is 0.0839. The van der Waals surface area contributed by atoms with E-state index in [0.29, 0.717) is 28.8 Å². The Bertz CT molecular complexity index is 950. The van der Waals surface area contributed by atoms with Gasteiger partial charge in [-0.05, 0) is 12.1 Å². The van der Waals surface area contributed by atoms with Gasteiger partial charge in [0.05, 0.1) is 27.9 Å². The van der Waals surface area contributed by atoms with E-state index in [1.54, 1.807) is 31.4 Å². The maximum absolute atomic E-state index is 12.1. The van der Waals surface area contributed by atoms with Gasteiger partial charge in [-0.1, -0.05) is 17.3 Å². The lowest BCUT2D eigenvalue weighted by Crippen LogP contribution is -2.28. The van der Waals surface area contributed by atoms with Gasteiger partial charge >= 0.3 is 0 Å². The molecule has 152 valence electrons. The molecule has 0 saturated heterocycles. The van der Waals surface area contributed by atoms with E-state index in [9.17, 15) is 4.79 Å². The zero-order chi connectivity index (χ0) is 20.6. The van der Waals surface area contributed by atoms with Crippen LogP contribution in [0.4, 0.5) is 0 Å². The number of methoxy groups -OCH3 is 3. The molecular weight excluding hydrogens is 378 g/mol. The molecule has 0 fully saturated rings. The molecule has 0 spiro atoms. The Balaban J connectivity index is 1.53. The molecule has 3 rings (SSSR count). The number of nitrogens with one attached hydrogen (secondary N) is 1. The van der Waals surface area contributed by atoms with Crippen LogP contribution in [0, 0.1) is 0 Å². The van der Waals surface area contributed by atoms with Crippen LogP contribution in [0.5, 0.6) is 23.0 Å². The van der Waals surface area contributed by atoms with Crippen LogP contribution in [0.2, 0.25) is 0 Å². The van der Waals surface area contributed by atoms with Gasteiger partial charge in [0.25, 0.3) is 5.91 Å². The molecule has 0 aliphatic carbocycles. The second-order valence-electron chi connectivity index (χ2n) is 5.86. The van der Waals surface area contributed by atoms with E-state index in [1.807, 2.05) is 18.2 Å². The predicted octanol–water partition coefficient (Wildman–Crippen LogP) is 2.46. The lowest BCUT2D eigenvalue weighted by atomic mass is 10.2. The number of hydrogen-bond donors (Lipinski definition) is 1. The molecule has 29 heavy (non-hydrogen) atoms. The van der Waals surface area contributed by atoms with Crippen LogP contribution in [0.1, 0.15) is 5.89 Å². The quantitative estimate of drug-likeness (QED) is 0.585. The molecule has 0 atom stereocenters.